The fraction of sp³-hybridized carbons (Fsp3) is 0. The number of hydrogen-bond donors (Lipinski definition) is 0. The van der Waals surface area contributed by atoms with Gasteiger partial charge in [-0.15, -0.1) is 0 Å². The molecule has 0 aromatic heterocycles. The van der Waals surface area contributed by atoms with Gasteiger partial charge in [-0.25, -0.2) is 0 Å². The minimum absolute atomic E-state index is 0. The van der Waals surface area contributed by atoms with E-state index in [2.05, 4.69) is 0 Å². The summed E-state index contributed by atoms with van der Waals surface area (Å²) in [6, 6.07) is 0. The summed E-state index contributed by atoms with van der Waals surface area (Å²) < 4.78 is 0. The number of rotatable bonds is 0. The Kier molecular flexibility index (Phi) is 6.77. The maximum atomic E-state index is 5.67. The second kappa shape index (κ2) is 5.89. The summed E-state index contributed by atoms with van der Waals surface area (Å²) in [7, 11) is 0. The van der Waals surface area contributed by atoms with E-state index in [0.29, 0.717) is 0 Å². The monoisotopic (exact) mass is 306 g/mol. The van der Waals surface area contributed by atoms with Gasteiger partial charge in [-0.3, -0.25) is 0 Å². The van der Waals surface area contributed by atoms with Gasteiger partial charge in [0.2, 0.25) is 0 Å². The molecule has 0 atom stereocenters. The van der Waals surface area contributed by atoms with Crippen LogP contribution >= 0.6 is 69.6 Å². The van der Waals surface area contributed by atoms with Crippen LogP contribution in [-0.2, 0) is 0 Å². The molecular weight excluding hydrogens is 308 g/mol. The Morgan fingerprint density at radius 1 is 0.385 bits per heavy atom. The minimum atomic E-state index is 0. The molecular formula is C6HCl6Na. The van der Waals surface area contributed by atoms with Gasteiger partial charge in [0.05, 0.1) is 30.1 Å². The van der Waals surface area contributed by atoms with E-state index in [1.54, 1.807) is 0 Å². The molecule has 13 heavy (non-hydrogen) atoms. The predicted molar refractivity (Wildman–Crippen MR) is 63.7 cm³/mol. The first-order chi connectivity index (χ1) is 5.46. The molecule has 7 heteroatoms. The van der Waals surface area contributed by atoms with E-state index < -0.39 is 0 Å². The Morgan fingerprint density at radius 3 is 0.538 bits per heavy atom. The van der Waals surface area contributed by atoms with Gasteiger partial charge >= 0.3 is 29.6 Å². The zero-order valence-corrected chi connectivity index (χ0v) is 9.80. The van der Waals surface area contributed by atoms with Crippen molar-refractivity contribution >= 4 is 99.2 Å². The van der Waals surface area contributed by atoms with Crippen LogP contribution in [0.25, 0.3) is 0 Å². The first-order valence-corrected chi connectivity index (χ1v) is 4.90. The molecule has 0 heterocycles. The second-order valence-electron chi connectivity index (χ2n) is 1.88. The van der Waals surface area contributed by atoms with Gasteiger partial charge in [0.25, 0.3) is 0 Å². The normalized spacial score (nSPS) is 9.69. The van der Waals surface area contributed by atoms with E-state index in [4.69, 9.17) is 69.6 Å². The first-order valence-electron chi connectivity index (χ1n) is 2.63. The maximum absolute atomic E-state index is 5.67. The third-order valence-electron chi connectivity index (χ3n) is 1.16. The summed E-state index contributed by atoms with van der Waals surface area (Å²) in [4.78, 5) is 0. The summed E-state index contributed by atoms with van der Waals surface area (Å²) in [6.45, 7) is 0. The van der Waals surface area contributed by atoms with Gasteiger partial charge in [0.15, 0.2) is 0 Å². The molecule has 0 aliphatic heterocycles. The Morgan fingerprint density at radius 2 is 0.462 bits per heavy atom. The number of halogens is 6. The molecule has 0 N–H and O–H groups in total. The van der Waals surface area contributed by atoms with Crippen molar-refractivity contribution in [1.29, 1.82) is 0 Å². The van der Waals surface area contributed by atoms with Gasteiger partial charge in [-0.1, -0.05) is 69.6 Å². The van der Waals surface area contributed by atoms with E-state index in [1.807, 2.05) is 0 Å². The van der Waals surface area contributed by atoms with Crippen molar-refractivity contribution in [2.75, 3.05) is 0 Å². The quantitative estimate of drug-likeness (QED) is 0.361. The molecule has 0 aliphatic rings. The molecule has 1 aromatic rings. The van der Waals surface area contributed by atoms with Crippen molar-refractivity contribution in [3.63, 3.8) is 0 Å². The Labute approximate surface area is 128 Å². The van der Waals surface area contributed by atoms with Crippen molar-refractivity contribution in [2.24, 2.45) is 0 Å². The molecule has 0 aliphatic carbocycles. The van der Waals surface area contributed by atoms with E-state index in [1.165, 1.54) is 0 Å². The zero-order chi connectivity index (χ0) is 9.46. The van der Waals surface area contributed by atoms with E-state index in [9.17, 15) is 0 Å². The summed E-state index contributed by atoms with van der Waals surface area (Å²) in [5.41, 5.74) is 0. The Bertz CT molecular complexity index is 231. The van der Waals surface area contributed by atoms with Crippen LogP contribution in [0.2, 0.25) is 30.1 Å². The van der Waals surface area contributed by atoms with Crippen molar-refractivity contribution in [1.82, 2.24) is 0 Å². The van der Waals surface area contributed by atoms with Gasteiger partial charge in [-0.2, -0.15) is 0 Å². The summed E-state index contributed by atoms with van der Waals surface area (Å²) in [5.74, 6) is 0. The molecule has 0 amide bonds. The Hall–Kier alpha value is 1.96. The first kappa shape index (κ1) is 15.0. The van der Waals surface area contributed by atoms with Crippen molar-refractivity contribution in [2.45, 2.75) is 0 Å². The molecule has 0 radical (unpaired) electrons. The molecule has 1 rings (SSSR count). The molecule has 68 valence electrons. The number of benzene rings is 1. The van der Waals surface area contributed by atoms with Crippen LogP contribution in [0.1, 0.15) is 0 Å². The topological polar surface area (TPSA) is 0 Å². The third kappa shape index (κ3) is 2.96. The molecule has 0 saturated carbocycles. The fourth-order valence-electron chi connectivity index (χ4n) is 0.578. The number of hydrogen-bond acceptors (Lipinski definition) is 0. The SMILES string of the molecule is Clc1c(Cl)c(Cl)c(Cl)c(Cl)c1Cl.[NaH]. The van der Waals surface area contributed by atoms with Gasteiger partial charge in [-0.05, 0) is 0 Å². The summed E-state index contributed by atoms with van der Waals surface area (Å²) >= 11 is 34.0. The predicted octanol–water partition coefficient (Wildman–Crippen LogP) is 4.96. The third-order valence-corrected chi connectivity index (χ3v) is 4.00. The van der Waals surface area contributed by atoms with Crippen molar-refractivity contribution in [3.05, 3.63) is 30.1 Å². The Balaban J connectivity index is 0.00000144. The van der Waals surface area contributed by atoms with E-state index >= 15 is 0 Å². The van der Waals surface area contributed by atoms with E-state index in [-0.39, 0.29) is 59.7 Å². The van der Waals surface area contributed by atoms with Crippen LogP contribution in [0.15, 0.2) is 0 Å². The van der Waals surface area contributed by atoms with Crippen molar-refractivity contribution < 1.29 is 0 Å². The standard InChI is InChI=1S/C6Cl6.Na.H/c7-1-2(8)4(10)6(12)5(11)3(1)9;;. The molecule has 0 saturated heterocycles. The molecule has 0 nitrogen and oxygen atoms in total. The molecule has 0 fully saturated rings. The zero-order valence-electron chi connectivity index (χ0n) is 5.27. The van der Waals surface area contributed by atoms with Crippen LogP contribution in [0.5, 0.6) is 0 Å². The van der Waals surface area contributed by atoms with Gasteiger partial charge in [0.1, 0.15) is 0 Å². The van der Waals surface area contributed by atoms with Crippen LogP contribution in [0.4, 0.5) is 0 Å². The van der Waals surface area contributed by atoms with Gasteiger partial charge < -0.3 is 0 Å². The molecule has 0 spiro atoms. The van der Waals surface area contributed by atoms with Crippen LogP contribution in [0, 0.1) is 0 Å². The van der Waals surface area contributed by atoms with Gasteiger partial charge in [0, 0.05) is 0 Å². The second-order valence-corrected chi connectivity index (χ2v) is 4.15. The average molecular weight is 309 g/mol. The molecule has 1 aromatic carbocycles. The van der Waals surface area contributed by atoms with Crippen LogP contribution in [-0.4, -0.2) is 29.6 Å². The molecule has 0 bridgehead atoms. The summed E-state index contributed by atoms with van der Waals surface area (Å²) in [6.07, 6.45) is 0. The van der Waals surface area contributed by atoms with Crippen molar-refractivity contribution in [3.8, 4) is 0 Å². The fourth-order valence-corrected chi connectivity index (χ4v) is 2.00. The van der Waals surface area contributed by atoms with E-state index in [0.717, 1.165) is 0 Å². The van der Waals surface area contributed by atoms with Crippen LogP contribution in [0.3, 0.4) is 0 Å². The average Bonchev–Trinajstić information content (AvgIpc) is 2.08. The summed E-state index contributed by atoms with van der Waals surface area (Å²) in [5, 5.41) is 0.654. The van der Waals surface area contributed by atoms with Crippen LogP contribution < -0.4 is 0 Å². The molecule has 0 unspecified atom stereocenters.